The molecule has 2 saturated heterocycles. The second-order valence-electron chi connectivity index (χ2n) is 5.24. The molecular weight excluding hydrogens is 260 g/mol. The molecule has 3 heterocycles. The zero-order valence-electron chi connectivity index (χ0n) is 11.1. The quantitative estimate of drug-likeness (QED) is 0.839. The molecule has 1 amide bonds. The van der Waals surface area contributed by atoms with Crippen LogP contribution in [0.1, 0.15) is 11.3 Å². The number of carbonyl (C=O) groups is 1. The van der Waals surface area contributed by atoms with Crippen molar-refractivity contribution in [3.63, 3.8) is 0 Å². The van der Waals surface area contributed by atoms with Crippen LogP contribution in [-0.2, 0) is 16.1 Å². The number of carbonyl (C=O) groups excluding carboxylic acids is 1. The zero-order chi connectivity index (χ0) is 13.1. The standard InChI is InChI=1S/C14H20N2O2S/c17-14(12-3-8-18-11-12)16-6-4-15(5-7-16)10-13-2-1-9-19-13/h1-2,9,12H,3-8,10-11H2. The molecule has 1 unspecified atom stereocenters. The Morgan fingerprint density at radius 3 is 2.84 bits per heavy atom. The molecule has 0 aliphatic carbocycles. The predicted octanol–water partition coefficient (Wildman–Crippen LogP) is 1.43. The normalized spacial score (nSPS) is 24.8. The van der Waals surface area contributed by atoms with Crippen molar-refractivity contribution >= 4 is 17.2 Å². The fraction of sp³-hybridized carbons (Fsp3) is 0.643. The third-order valence-electron chi connectivity index (χ3n) is 3.92. The lowest BCUT2D eigenvalue weighted by atomic mass is 10.1. The van der Waals surface area contributed by atoms with Gasteiger partial charge < -0.3 is 9.64 Å². The smallest absolute Gasteiger partial charge is 0.228 e. The van der Waals surface area contributed by atoms with Gasteiger partial charge in [-0.3, -0.25) is 9.69 Å². The molecule has 0 radical (unpaired) electrons. The first-order chi connectivity index (χ1) is 9.33. The van der Waals surface area contributed by atoms with Gasteiger partial charge in [-0.25, -0.2) is 0 Å². The van der Waals surface area contributed by atoms with Gasteiger partial charge in [0, 0.05) is 44.2 Å². The maximum Gasteiger partial charge on any atom is 0.228 e. The highest BCUT2D eigenvalue weighted by atomic mass is 32.1. The van der Waals surface area contributed by atoms with Crippen LogP contribution in [0.4, 0.5) is 0 Å². The average molecular weight is 280 g/mol. The highest BCUT2D eigenvalue weighted by Gasteiger charge is 2.29. The minimum atomic E-state index is 0.115. The van der Waals surface area contributed by atoms with E-state index in [2.05, 4.69) is 22.4 Å². The van der Waals surface area contributed by atoms with Crippen molar-refractivity contribution in [2.45, 2.75) is 13.0 Å². The second-order valence-corrected chi connectivity index (χ2v) is 6.27. The van der Waals surface area contributed by atoms with E-state index in [1.807, 2.05) is 4.90 Å². The van der Waals surface area contributed by atoms with Gasteiger partial charge in [0.05, 0.1) is 12.5 Å². The molecule has 0 saturated carbocycles. The molecule has 1 aromatic heterocycles. The fourth-order valence-corrected chi connectivity index (χ4v) is 3.48. The molecule has 104 valence electrons. The van der Waals surface area contributed by atoms with Crippen LogP contribution in [0.25, 0.3) is 0 Å². The van der Waals surface area contributed by atoms with E-state index in [0.717, 1.165) is 45.8 Å². The molecule has 2 aliphatic rings. The predicted molar refractivity (Wildman–Crippen MR) is 75.1 cm³/mol. The average Bonchev–Trinajstić information content (AvgIpc) is 3.12. The molecule has 0 spiro atoms. The molecule has 0 N–H and O–H groups in total. The highest BCUT2D eigenvalue weighted by Crippen LogP contribution is 2.18. The van der Waals surface area contributed by atoms with Crippen LogP contribution in [0.2, 0.25) is 0 Å². The summed E-state index contributed by atoms with van der Waals surface area (Å²) in [6, 6.07) is 4.28. The van der Waals surface area contributed by atoms with Gasteiger partial charge in [-0.05, 0) is 17.9 Å². The lowest BCUT2D eigenvalue weighted by molar-refractivity contribution is -0.137. The van der Waals surface area contributed by atoms with Gasteiger partial charge in [0.2, 0.25) is 5.91 Å². The van der Waals surface area contributed by atoms with Crippen molar-refractivity contribution in [3.8, 4) is 0 Å². The number of ether oxygens (including phenoxy) is 1. The number of piperazine rings is 1. The third kappa shape index (κ3) is 3.16. The van der Waals surface area contributed by atoms with Crippen molar-refractivity contribution in [1.29, 1.82) is 0 Å². The van der Waals surface area contributed by atoms with Crippen LogP contribution in [0, 0.1) is 5.92 Å². The second kappa shape index (κ2) is 6.03. The molecule has 0 aromatic carbocycles. The molecule has 0 bridgehead atoms. The Morgan fingerprint density at radius 2 is 2.21 bits per heavy atom. The minimum absolute atomic E-state index is 0.115. The van der Waals surface area contributed by atoms with Gasteiger partial charge in [0.25, 0.3) is 0 Å². The molecule has 2 aliphatic heterocycles. The van der Waals surface area contributed by atoms with Crippen LogP contribution in [0.3, 0.4) is 0 Å². The van der Waals surface area contributed by atoms with Crippen LogP contribution >= 0.6 is 11.3 Å². The lowest BCUT2D eigenvalue weighted by Crippen LogP contribution is -2.50. The largest absolute Gasteiger partial charge is 0.381 e. The molecule has 1 aromatic rings. The van der Waals surface area contributed by atoms with Gasteiger partial charge in [0.15, 0.2) is 0 Å². The first-order valence-corrected chi connectivity index (χ1v) is 7.82. The van der Waals surface area contributed by atoms with Gasteiger partial charge in [0.1, 0.15) is 0 Å². The number of nitrogens with zero attached hydrogens (tertiary/aromatic N) is 2. The Bertz CT molecular complexity index is 407. The van der Waals surface area contributed by atoms with Crippen LogP contribution in [0.15, 0.2) is 17.5 Å². The maximum absolute atomic E-state index is 12.3. The van der Waals surface area contributed by atoms with E-state index in [4.69, 9.17) is 4.74 Å². The van der Waals surface area contributed by atoms with E-state index in [1.165, 1.54) is 4.88 Å². The molecule has 2 fully saturated rings. The zero-order valence-corrected chi connectivity index (χ0v) is 11.9. The van der Waals surface area contributed by atoms with Crippen LogP contribution in [-0.4, -0.2) is 55.1 Å². The Balaban J connectivity index is 1.47. The van der Waals surface area contributed by atoms with Crippen LogP contribution < -0.4 is 0 Å². The number of thiophene rings is 1. The summed E-state index contributed by atoms with van der Waals surface area (Å²) < 4.78 is 5.30. The number of amides is 1. The van der Waals surface area contributed by atoms with Crippen LogP contribution in [0.5, 0.6) is 0 Å². The molecule has 4 nitrogen and oxygen atoms in total. The fourth-order valence-electron chi connectivity index (χ4n) is 2.74. The van der Waals surface area contributed by atoms with E-state index in [-0.39, 0.29) is 5.92 Å². The van der Waals surface area contributed by atoms with Crippen molar-refractivity contribution in [3.05, 3.63) is 22.4 Å². The summed E-state index contributed by atoms with van der Waals surface area (Å²) in [5.74, 6) is 0.414. The Labute approximate surface area is 118 Å². The highest BCUT2D eigenvalue weighted by molar-refractivity contribution is 7.09. The summed E-state index contributed by atoms with van der Waals surface area (Å²) in [4.78, 5) is 18.1. The summed E-state index contributed by atoms with van der Waals surface area (Å²) in [6.45, 7) is 6.07. The Hall–Kier alpha value is -0.910. The van der Waals surface area contributed by atoms with Crippen molar-refractivity contribution in [2.75, 3.05) is 39.4 Å². The maximum atomic E-state index is 12.3. The summed E-state index contributed by atoms with van der Waals surface area (Å²) in [5.41, 5.74) is 0. The SMILES string of the molecule is O=C(C1CCOC1)N1CCN(Cc2cccs2)CC1. The number of hydrogen-bond donors (Lipinski definition) is 0. The van der Waals surface area contributed by atoms with Crippen molar-refractivity contribution in [1.82, 2.24) is 9.80 Å². The van der Waals surface area contributed by atoms with Crippen molar-refractivity contribution < 1.29 is 9.53 Å². The number of hydrogen-bond acceptors (Lipinski definition) is 4. The topological polar surface area (TPSA) is 32.8 Å². The van der Waals surface area contributed by atoms with E-state index < -0.39 is 0 Å². The lowest BCUT2D eigenvalue weighted by Gasteiger charge is -2.35. The Kier molecular flexibility index (Phi) is 4.15. The van der Waals surface area contributed by atoms with E-state index in [0.29, 0.717) is 12.5 Å². The minimum Gasteiger partial charge on any atom is -0.381 e. The summed E-state index contributed by atoms with van der Waals surface area (Å²) in [7, 11) is 0. The van der Waals surface area contributed by atoms with Gasteiger partial charge in [-0.2, -0.15) is 0 Å². The molecule has 5 heteroatoms. The molecule has 3 rings (SSSR count). The monoisotopic (exact) mass is 280 g/mol. The van der Waals surface area contributed by atoms with E-state index >= 15 is 0 Å². The third-order valence-corrected chi connectivity index (χ3v) is 4.78. The summed E-state index contributed by atoms with van der Waals surface area (Å²) in [5, 5.41) is 2.12. The molecule has 19 heavy (non-hydrogen) atoms. The van der Waals surface area contributed by atoms with Gasteiger partial charge in [-0.15, -0.1) is 11.3 Å². The van der Waals surface area contributed by atoms with Gasteiger partial charge in [-0.1, -0.05) is 6.07 Å². The first kappa shape index (κ1) is 13.1. The Morgan fingerprint density at radius 1 is 1.37 bits per heavy atom. The summed E-state index contributed by atoms with van der Waals surface area (Å²) in [6.07, 6.45) is 0.897. The summed E-state index contributed by atoms with van der Waals surface area (Å²) >= 11 is 1.81. The number of rotatable bonds is 3. The van der Waals surface area contributed by atoms with E-state index in [9.17, 15) is 4.79 Å². The van der Waals surface area contributed by atoms with Gasteiger partial charge >= 0.3 is 0 Å². The molecular formula is C14H20N2O2S. The first-order valence-electron chi connectivity index (χ1n) is 6.94. The van der Waals surface area contributed by atoms with E-state index in [1.54, 1.807) is 11.3 Å². The van der Waals surface area contributed by atoms with Crippen molar-refractivity contribution in [2.24, 2.45) is 5.92 Å². The molecule has 1 atom stereocenters.